The smallest absolute Gasteiger partial charge is 0.346 e. The molecule has 0 radical (unpaired) electrons. The van der Waals surface area contributed by atoms with Crippen molar-refractivity contribution in [3.05, 3.63) is 45.9 Å². The number of hydrogen-bond donors (Lipinski definition) is 1. The van der Waals surface area contributed by atoms with E-state index >= 15 is 0 Å². The zero-order valence-electron chi connectivity index (χ0n) is 8.29. The Bertz CT molecular complexity index is 527. The molecule has 0 aliphatic rings. The quantitative estimate of drug-likeness (QED) is 0.826. The predicted molar refractivity (Wildman–Crippen MR) is 60.2 cm³/mol. The highest BCUT2D eigenvalue weighted by molar-refractivity contribution is 7.12. The fourth-order valence-electron chi connectivity index (χ4n) is 1.51. The minimum atomic E-state index is -0.926. The van der Waals surface area contributed by atoms with Gasteiger partial charge in [0.05, 0.1) is 5.69 Å². The molecule has 0 fully saturated rings. The summed E-state index contributed by atoms with van der Waals surface area (Å²) in [5.74, 6) is -0.926. The van der Waals surface area contributed by atoms with Gasteiger partial charge in [0.1, 0.15) is 4.88 Å². The van der Waals surface area contributed by atoms with Crippen LogP contribution in [0.3, 0.4) is 0 Å². The SMILES string of the molecule is O=Cc1cccn1Cc1ccsc1C(=O)O. The topological polar surface area (TPSA) is 59.3 Å². The molecule has 5 heteroatoms. The van der Waals surface area contributed by atoms with E-state index in [1.165, 1.54) is 11.3 Å². The second kappa shape index (κ2) is 4.32. The van der Waals surface area contributed by atoms with Crippen LogP contribution in [0.5, 0.6) is 0 Å². The first kappa shape index (κ1) is 10.6. The molecular weight excluding hydrogens is 226 g/mol. The van der Waals surface area contributed by atoms with Crippen LogP contribution in [0.25, 0.3) is 0 Å². The maximum Gasteiger partial charge on any atom is 0.346 e. The van der Waals surface area contributed by atoms with Gasteiger partial charge >= 0.3 is 5.97 Å². The Morgan fingerprint density at radius 3 is 3.00 bits per heavy atom. The molecule has 2 rings (SSSR count). The van der Waals surface area contributed by atoms with E-state index in [0.717, 1.165) is 11.8 Å². The van der Waals surface area contributed by atoms with Crippen molar-refractivity contribution in [3.8, 4) is 0 Å². The molecule has 16 heavy (non-hydrogen) atoms. The first-order valence-electron chi connectivity index (χ1n) is 4.62. The van der Waals surface area contributed by atoms with E-state index in [0.29, 0.717) is 17.1 Å². The van der Waals surface area contributed by atoms with Gasteiger partial charge in [-0.1, -0.05) is 0 Å². The third-order valence-corrected chi connectivity index (χ3v) is 3.21. The Labute approximate surface area is 95.8 Å². The van der Waals surface area contributed by atoms with Gasteiger partial charge in [-0.15, -0.1) is 11.3 Å². The highest BCUT2D eigenvalue weighted by atomic mass is 32.1. The van der Waals surface area contributed by atoms with Gasteiger partial charge in [-0.3, -0.25) is 4.79 Å². The lowest BCUT2D eigenvalue weighted by atomic mass is 10.2. The number of aromatic carboxylic acids is 1. The Morgan fingerprint density at radius 1 is 1.50 bits per heavy atom. The Kier molecular flexibility index (Phi) is 2.87. The van der Waals surface area contributed by atoms with Crippen LogP contribution >= 0.6 is 11.3 Å². The van der Waals surface area contributed by atoms with E-state index < -0.39 is 5.97 Å². The van der Waals surface area contributed by atoms with E-state index in [-0.39, 0.29) is 0 Å². The molecule has 0 aromatic carbocycles. The van der Waals surface area contributed by atoms with E-state index in [1.54, 1.807) is 34.3 Å². The Morgan fingerprint density at radius 2 is 2.31 bits per heavy atom. The molecule has 0 saturated heterocycles. The highest BCUT2D eigenvalue weighted by Crippen LogP contribution is 2.18. The van der Waals surface area contributed by atoms with Gasteiger partial charge in [0.2, 0.25) is 0 Å². The molecule has 82 valence electrons. The van der Waals surface area contributed by atoms with Crippen LogP contribution < -0.4 is 0 Å². The summed E-state index contributed by atoms with van der Waals surface area (Å²) in [4.78, 5) is 21.9. The summed E-state index contributed by atoms with van der Waals surface area (Å²) in [6.07, 6.45) is 2.51. The molecule has 0 spiro atoms. The van der Waals surface area contributed by atoms with Gasteiger partial charge in [0.25, 0.3) is 0 Å². The number of carbonyl (C=O) groups is 2. The van der Waals surface area contributed by atoms with Crippen molar-refractivity contribution in [2.75, 3.05) is 0 Å². The molecule has 1 N–H and O–H groups in total. The molecule has 2 aromatic heterocycles. The lowest BCUT2D eigenvalue weighted by Gasteiger charge is -2.04. The molecule has 2 aromatic rings. The summed E-state index contributed by atoms with van der Waals surface area (Å²) in [5, 5.41) is 10.7. The van der Waals surface area contributed by atoms with Crippen LogP contribution in [0.4, 0.5) is 0 Å². The lowest BCUT2D eigenvalue weighted by Crippen LogP contribution is -2.05. The second-order valence-corrected chi connectivity index (χ2v) is 4.18. The lowest BCUT2D eigenvalue weighted by molar-refractivity contribution is 0.0701. The number of aromatic nitrogens is 1. The normalized spacial score (nSPS) is 10.2. The van der Waals surface area contributed by atoms with Crippen LogP contribution in [-0.2, 0) is 6.54 Å². The van der Waals surface area contributed by atoms with Gasteiger partial charge in [-0.25, -0.2) is 4.79 Å². The van der Waals surface area contributed by atoms with Crippen molar-refractivity contribution in [2.24, 2.45) is 0 Å². The largest absolute Gasteiger partial charge is 0.477 e. The maximum atomic E-state index is 10.9. The highest BCUT2D eigenvalue weighted by Gasteiger charge is 2.12. The molecule has 0 saturated carbocycles. The molecule has 0 unspecified atom stereocenters. The van der Waals surface area contributed by atoms with Crippen molar-refractivity contribution >= 4 is 23.6 Å². The first-order chi connectivity index (χ1) is 7.72. The Balaban J connectivity index is 2.30. The van der Waals surface area contributed by atoms with Crippen molar-refractivity contribution < 1.29 is 14.7 Å². The zero-order chi connectivity index (χ0) is 11.5. The molecule has 0 amide bonds. The summed E-state index contributed by atoms with van der Waals surface area (Å²) in [7, 11) is 0. The molecule has 4 nitrogen and oxygen atoms in total. The van der Waals surface area contributed by atoms with Gasteiger partial charge in [-0.2, -0.15) is 0 Å². The fraction of sp³-hybridized carbons (Fsp3) is 0.0909. The van der Waals surface area contributed by atoms with Gasteiger partial charge in [0, 0.05) is 12.7 Å². The number of rotatable bonds is 4. The van der Waals surface area contributed by atoms with Crippen LogP contribution in [0.1, 0.15) is 25.7 Å². The number of nitrogens with zero attached hydrogens (tertiary/aromatic N) is 1. The average molecular weight is 235 g/mol. The van der Waals surface area contributed by atoms with E-state index in [2.05, 4.69) is 0 Å². The average Bonchev–Trinajstić information content (AvgIpc) is 2.86. The van der Waals surface area contributed by atoms with Crippen molar-refractivity contribution in [3.63, 3.8) is 0 Å². The number of hydrogen-bond acceptors (Lipinski definition) is 3. The molecule has 0 aliphatic heterocycles. The minimum Gasteiger partial charge on any atom is -0.477 e. The van der Waals surface area contributed by atoms with E-state index in [4.69, 9.17) is 5.11 Å². The molecular formula is C11H9NO3S. The summed E-state index contributed by atoms with van der Waals surface area (Å²) in [5.41, 5.74) is 1.26. The van der Waals surface area contributed by atoms with Crippen molar-refractivity contribution in [1.82, 2.24) is 4.57 Å². The third-order valence-electron chi connectivity index (χ3n) is 2.27. The van der Waals surface area contributed by atoms with Gasteiger partial charge < -0.3 is 9.67 Å². The molecule has 0 aliphatic carbocycles. The predicted octanol–water partition coefficient (Wildman–Crippen LogP) is 2.11. The molecule has 2 heterocycles. The standard InChI is InChI=1S/C11H9NO3S/c13-7-9-2-1-4-12(9)6-8-3-5-16-10(8)11(14)15/h1-5,7H,6H2,(H,14,15). The Hall–Kier alpha value is -1.88. The first-order valence-corrected chi connectivity index (χ1v) is 5.50. The maximum absolute atomic E-state index is 10.9. The summed E-state index contributed by atoms with van der Waals surface area (Å²) in [6, 6.07) is 5.22. The minimum absolute atomic E-state index is 0.325. The second-order valence-electron chi connectivity index (χ2n) is 3.26. The zero-order valence-corrected chi connectivity index (χ0v) is 9.11. The third kappa shape index (κ3) is 1.90. The number of carboxylic acids is 1. The van der Waals surface area contributed by atoms with E-state index in [9.17, 15) is 9.59 Å². The summed E-state index contributed by atoms with van der Waals surface area (Å²) < 4.78 is 1.72. The summed E-state index contributed by atoms with van der Waals surface area (Å²) >= 11 is 1.19. The number of carboxylic acid groups (broad SMARTS) is 1. The van der Waals surface area contributed by atoms with Gasteiger partial charge in [0.15, 0.2) is 6.29 Å². The van der Waals surface area contributed by atoms with E-state index in [1.807, 2.05) is 0 Å². The van der Waals surface area contributed by atoms with Crippen LogP contribution in [0, 0.1) is 0 Å². The summed E-state index contributed by atoms with van der Waals surface area (Å²) in [6.45, 7) is 0.409. The number of thiophene rings is 1. The molecule has 0 bridgehead atoms. The monoisotopic (exact) mass is 235 g/mol. The van der Waals surface area contributed by atoms with Crippen molar-refractivity contribution in [2.45, 2.75) is 6.54 Å². The number of aldehydes is 1. The van der Waals surface area contributed by atoms with Crippen LogP contribution in [0.2, 0.25) is 0 Å². The van der Waals surface area contributed by atoms with Crippen LogP contribution in [-0.4, -0.2) is 21.9 Å². The van der Waals surface area contributed by atoms with Crippen LogP contribution in [0.15, 0.2) is 29.8 Å². The molecule has 0 atom stereocenters. The van der Waals surface area contributed by atoms with Gasteiger partial charge in [-0.05, 0) is 29.1 Å². The fourth-order valence-corrected chi connectivity index (χ4v) is 2.26. The van der Waals surface area contributed by atoms with Crippen molar-refractivity contribution in [1.29, 1.82) is 0 Å². The number of carbonyl (C=O) groups excluding carboxylic acids is 1.